The van der Waals surface area contributed by atoms with Gasteiger partial charge in [-0.05, 0) is 62.1 Å². The van der Waals surface area contributed by atoms with E-state index >= 15 is 0 Å². The normalized spacial score (nSPS) is 12.1. The van der Waals surface area contributed by atoms with Crippen LogP contribution in [0.4, 0.5) is 5.82 Å². The third-order valence-electron chi connectivity index (χ3n) is 4.10. The molecule has 3 nitrogen and oxygen atoms in total. The fraction of sp³-hybridized carbons (Fsp3) is 0.182. The summed E-state index contributed by atoms with van der Waals surface area (Å²) in [6.07, 6.45) is 3.91. The maximum absolute atomic E-state index is 4.71. The quantitative estimate of drug-likeness (QED) is 0.495. The number of rotatable bonds is 4. The second kappa shape index (κ2) is 7.31. The number of hydrazone groups is 1. The van der Waals surface area contributed by atoms with Gasteiger partial charge >= 0.3 is 0 Å². The number of nitrogens with zero attached hydrogens (tertiary/aromatic N) is 2. The lowest BCUT2D eigenvalue weighted by Gasteiger charge is -2.09. The molecule has 2 aromatic carbocycles. The van der Waals surface area contributed by atoms with Gasteiger partial charge in [-0.3, -0.25) is 5.43 Å². The van der Waals surface area contributed by atoms with Gasteiger partial charge in [-0.25, -0.2) is 4.98 Å². The Morgan fingerprint density at radius 1 is 1.00 bits per heavy atom. The summed E-state index contributed by atoms with van der Waals surface area (Å²) in [4.78, 5) is 4.71. The molecule has 0 fully saturated rings. The minimum Gasteiger partial charge on any atom is -0.261 e. The van der Waals surface area contributed by atoms with Crippen molar-refractivity contribution < 1.29 is 0 Å². The number of hydrogen-bond donors (Lipinski definition) is 1. The van der Waals surface area contributed by atoms with Crippen LogP contribution in [0.1, 0.15) is 29.2 Å². The van der Waals surface area contributed by atoms with E-state index in [4.69, 9.17) is 4.98 Å². The molecule has 0 radical (unpaired) electrons. The van der Waals surface area contributed by atoms with Crippen molar-refractivity contribution in [1.82, 2.24) is 4.98 Å². The first-order valence-electron chi connectivity index (χ1n) is 8.44. The summed E-state index contributed by atoms with van der Waals surface area (Å²) in [6.45, 7) is 8.36. The molecule has 1 N–H and O–H groups in total. The van der Waals surface area contributed by atoms with E-state index in [1.165, 1.54) is 22.1 Å². The minimum absolute atomic E-state index is 0.765. The molecule has 3 heteroatoms. The van der Waals surface area contributed by atoms with Crippen molar-refractivity contribution >= 4 is 29.0 Å². The van der Waals surface area contributed by atoms with Crippen LogP contribution in [0.15, 0.2) is 59.2 Å². The first-order chi connectivity index (χ1) is 12.0. The topological polar surface area (TPSA) is 37.3 Å². The Balaban J connectivity index is 1.80. The predicted octanol–water partition coefficient (Wildman–Crippen LogP) is 5.66. The summed E-state index contributed by atoms with van der Waals surface area (Å²) in [5.74, 6) is 0.765. The van der Waals surface area contributed by atoms with Crippen molar-refractivity contribution in [1.29, 1.82) is 0 Å². The second-order valence-electron chi connectivity index (χ2n) is 6.47. The van der Waals surface area contributed by atoms with E-state index in [0.29, 0.717) is 0 Å². The molecule has 126 valence electrons. The summed E-state index contributed by atoms with van der Waals surface area (Å²) >= 11 is 0. The summed E-state index contributed by atoms with van der Waals surface area (Å²) in [7, 11) is 0. The molecule has 3 aromatic rings. The molecule has 0 atom stereocenters. The maximum Gasteiger partial charge on any atom is 0.147 e. The monoisotopic (exact) mass is 329 g/mol. The van der Waals surface area contributed by atoms with Crippen molar-refractivity contribution in [3.05, 3.63) is 76.4 Å². The third kappa shape index (κ3) is 4.13. The number of aryl methyl sites for hydroxylation is 3. The lowest BCUT2D eigenvalue weighted by atomic mass is 10.0. The van der Waals surface area contributed by atoms with Crippen LogP contribution in [0.25, 0.3) is 17.0 Å². The van der Waals surface area contributed by atoms with E-state index in [1.54, 1.807) is 0 Å². The average molecular weight is 329 g/mol. The maximum atomic E-state index is 4.71. The average Bonchev–Trinajstić information content (AvgIpc) is 2.57. The first kappa shape index (κ1) is 16.9. The number of nitrogens with one attached hydrogen (secondary N) is 1. The van der Waals surface area contributed by atoms with E-state index in [2.05, 4.69) is 61.6 Å². The number of anilines is 1. The van der Waals surface area contributed by atoms with Gasteiger partial charge in [0.05, 0.1) is 11.7 Å². The highest BCUT2D eigenvalue weighted by atomic mass is 15.3. The van der Waals surface area contributed by atoms with Gasteiger partial charge < -0.3 is 0 Å². The summed E-state index contributed by atoms with van der Waals surface area (Å²) in [6, 6.07) is 16.6. The molecule has 0 aliphatic rings. The van der Waals surface area contributed by atoms with Crippen LogP contribution in [-0.4, -0.2) is 11.2 Å². The van der Waals surface area contributed by atoms with Gasteiger partial charge in [0.1, 0.15) is 5.82 Å². The van der Waals surface area contributed by atoms with Crippen LogP contribution >= 0.6 is 0 Å². The molecule has 25 heavy (non-hydrogen) atoms. The van der Waals surface area contributed by atoms with Gasteiger partial charge in [-0.2, -0.15) is 5.10 Å². The zero-order valence-corrected chi connectivity index (χ0v) is 15.2. The zero-order valence-electron chi connectivity index (χ0n) is 15.2. The van der Waals surface area contributed by atoms with Crippen molar-refractivity contribution in [2.75, 3.05) is 5.43 Å². The number of allylic oxidation sites excluding steroid dienone is 1. The molecule has 0 saturated carbocycles. The van der Waals surface area contributed by atoms with Gasteiger partial charge in [-0.15, -0.1) is 0 Å². The van der Waals surface area contributed by atoms with Gasteiger partial charge in [0.25, 0.3) is 0 Å². The molecule has 0 spiro atoms. The molecule has 0 amide bonds. The predicted molar refractivity (Wildman–Crippen MR) is 108 cm³/mol. The van der Waals surface area contributed by atoms with E-state index in [9.17, 15) is 0 Å². The fourth-order valence-corrected chi connectivity index (χ4v) is 2.95. The van der Waals surface area contributed by atoms with Crippen LogP contribution < -0.4 is 5.43 Å². The Bertz CT molecular complexity index is 954. The Morgan fingerprint density at radius 2 is 1.76 bits per heavy atom. The molecular formula is C22H23N3. The Morgan fingerprint density at radius 3 is 2.52 bits per heavy atom. The van der Waals surface area contributed by atoms with Crippen LogP contribution in [0, 0.1) is 20.8 Å². The lowest BCUT2D eigenvalue weighted by Crippen LogP contribution is -1.97. The molecular weight excluding hydrogens is 306 g/mol. The third-order valence-corrected chi connectivity index (χ3v) is 4.10. The van der Waals surface area contributed by atoms with Gasteiger partial charge in [0.2, 0.25) is 0 Å². The van der Waals surface area contributed by atoms with Gasteiger partial charge in [-0.1, -0.05) is 48.0 Å². The van der Waals surface area contributed by atoms with Gasteiger partial charge in [0, 0.05) is 5.39 Å². The highest BCUT2D eigenvalue weighted by Gasteiger charge is 2.05. The number of fused-ring (bicyclic) bond motifs is 1. The number of benzene rings is 2. The lowest BCUT2D eigenvalue weighted by molar-refractivity contribution is 1.24. The van der Waals surface area contributed by atoms with Crippen LogP contribution in [-0.2, 0) is 0 Å². The number of pyridine rings is 1. The molecule has 3 rings (SSSR count). The summed E-state index contributed by atoms with van der Waals surface area (Å²) < 4.78 is 0. The van der Waals surface area contributed by atoms with Crippen molar-refractivity contribution in [2.24, 2.45) is 5.10 Å². The van der Waals surface area contributed by atoms with Crippen LogP contribution in [0.3, 0.4) is 0 Å². The van der Waals surface area contributed by atoms with E-state index < -0.39 is 0 Å². The minimum atomic E-state index is 0.765. The first-order valence-corrected chi connectivity index (χ1v) is 8.44. The molecule has 1 heterocycles. The van der Waals surface area contributed by atoms with Crippen molar-refractivity contribution in [3.63, 3.8) is 0 Å². The molecule has 0 bridgehead atoms. The highest BCUT2D eigenvalue weighted by molar-refractivity contribution is 5.88. The summed E-state index contributed by atoms with van der Waals surface area (Å²) in [5, 5.41) is 5.53. The van der Waals surface area contributed by atoms with E-state index in [1.807, 2.05) is 37.4 Å². The zero-order chi connectivity index (χ0) is 17.8. The van der Waals surface area contributed by atoms with E-state index in [-0.39, 0.29) is 0 Å². The molecule has 0 aliphatic carbocycles. The Labute approximate surface area is 149 Å². The Kier molecular flexibility index (Phi) is 4.94. The second-order valence-corrected chi connectivity index (χ2v) is 6.47. The number of hydrogen-bond acceptors (Lipinski definition) is 3. The standard InChI is InChI=1S/C22H23N3/c1-15-10-18(4)22-20(12-15)17(3)13-21(24-22)25-23-14-16(2)11-19-8-6-5-7-9-19/h5-14H,1-4H3,(H,24,25). The van der Waals surface area contributed by atoms with Crippen LogP contribution in [0.5, 0.6) is 0 Å². The van der Waals surface area contributed by atoms with Crippen LogP contribution in [0.2, 0.25) is 0 Å². The SMILES string of the molecule is CC(C=NNc1cc(C)c2cc(C)cc(C)c2n1)=Cc1ccccc1. The Hall–Kier alpha value is -2.94. The largest absolute Gasteiger partial charge is 0.261 e. The smallest absolute Gasteiger partial charge is 0.147 e. The van der Waals surface area contributed by atoms with Crippen molar-refractivity contribution in [2.45, 2.75) is 27.7 Å². The molecule has 1 aromatic heterocycles. The summed E-state index contributed by atoms with van der Waals surface area (Å²) in [5.41, 5.74) is 9.96. The highest BCUT2D eigenvalue weighted by Crippen LogP contribution is 2.24. The van der Waals surface area contributed by atoms with E-state index in [0.717, 1.165) is 22.5 Å². The molecule has 0 aliphatic heterocycles. The number of aromatic nitrogens is 1. The fourth-order valence-electron chi connectivity index (χ4n) is 2.95. The molecule has 0 unspecified atom stereocenters. The van der Waals surface area contributed by atoms with Crippen molar-refractivity contribution in [3.8, 4) is 0 Å². The van der Waals surface area contributed by atoms with Gasteiger partial charge in [0.15, 0.2) is 0 Å². The molecule has 0 saturated heterocycles.